The Morgan fingerprint density at radius 1 is 1.06 bits per heavy atom. The van der Waals surface area contributed by atoms with Crippen LogP contribution in [-0.4, -0.2) is 57.6 Å². The van der Waals surface area contributed by atoms with E-state index in [1.807, 2.05) is 37.3 Å². The highest BCUT2D eigenvalue weighted by Crippen LogP contribution is 2.31. The van der Waals surface area contributed by atoms with Crippen LogP contribution in [0.2, 0.25) is 10.0 Å². The van der Waals surface area contributed by atoms with E-state index in [2.05, 4.69) is 5.32 Å². The number of nitrogens with zero attached hydrogens (tertiary/aromatic N) is 2. The zero-order valence-corrected chi connectivity index (χ0v) is 22.0. The molecule has 0 saturated carbocycles. The van der Waals surface area contributed by atoms with Crippen LogP contribution in [-0.2, 0) is 26.0 Å². The molecule has 0 heterocycles. The molecule has 0 aromatic heterocycles. The van der Waals surface area contributed by atoms with Gasteiger partial charge in [0.15, 0.2) is 0 Å². The summed E-state index contributed by atoms with van der Waals surface area (Å²) in [5.41, 5.74) is 1.33. The molecule has 10 heteroatoms. The fraction of sp³-hybridized carbons (Fsp3) is 0.417. The summed E-state index contributed by atoms with van der Waals surface area (Å²) >= 11 is 12.3. The van der Waals surface area contributed by atoms with E-state index in [9.17, 15) is 18.0 Å². The number of amides is 2. The highest BCUT2D eigenvalue weighted by atomic mass is 35.5. The van der Waals surface area contributed by atoms with E-state index in [1.54, 1.807) is 18.0 Å². The first-order valence-electron chi connectivity index (χ1n) is 11.1. The molecule has 0 bridgehead atoms. The fourth-order valence-corrected chi connectivity index (χ4v) is 5.13. The molecule has 0 fully saturated rings. The van der Waals surface area contributed by atoms with Crippen LogP contribution < -0.4 is 9.62 Å². The first-order chi connectivity index (χ1) is 16.1. The van der Waals surface area contributed by atoms with Crippen molar-refractivity contribution in [2.75, 3.05) is 30.7 Å². The third-order valence-electron chi connectivity index (χ3n) is 5.45. The van der Waals surface area contributed by atoms with Crippen molar-refractivity contribution in [3.8, 4) is 0 Å². The Labute approximate surface area is 212 Å². The Hall–Kier alpha value is -2.29. The minimum atomic E-state index is -3.66. The van der Waals surface area contributed by atoms with Crippen LogP contribution in [0.25, 0.3) is 0 Å². The van der Waals surface area contributed by atoms with Gasteiger partial charge < -0.3 is 10.2 Å². The van der Waals surface area contributed by atoms with Gasteiger partial charge in [-0.25, -0.2) is 8.42 Å². The molecule has 1 atom stereocenters. The van der Waals surface area contributed by atoms with Crippen LogP contribution >= 0.6 is 23.2 Å². The van der Waals surface area contributed by atoms with Crippen LogP contribution in [0.3, 0.4) is 0 Å². The van der Waals surface area contributed by atoms with Crippen molar-refractivity contribution in [2.24, 2.45) is 0 Å². The minimum absolute atomic E-state index is 0.0495. The number of hydrogen-bond acceptors (Lipinski definition) is 4. The van der Waals surface area contributed by atoms with E-state index >= 15 is 0 Å². The van der Waals surface area contributed by atoms with Gasteiger partial charge in [-0.05, 0) is 43.0 Å². The molecule has 0 radical (unpaired) electrons. The van der Waals surface area contributed by atoms with Gasteiger partial charge >= 0.3 is 0 Å². The minimum Gasteiger partial charge on any atom is -0.357 e. The average molecular weight is 529 g/mol. The number of halogens is 2. The smallest absolute Gasteiger partial charge is 0.242 e. The van der Waals surface area contributed by atoms with Crippen molar-refractivity contribution in [1.29, 1.82) is 0 Å². The third-order valence-corrected chi connectivity index (χ3v) is 7.18. The molecule has 1 N–H and O–H groups in total. The first kappa shape index (κ1) is 28.0. The van der Waals surface area contributed by atoms with Crippen molar-refractivity contribution in [2.45, 2.75) is 38.6 Å². The van der Waals surface area contributed by atoms with E-state index in [0.717, 1.165) is 16.1 Å². The Morgan fingerprint density at radius 2 is 1.74 bits per heavy atom. The fourth-order valence-electron chi connectivity index (χ4n) is 3.72. The number of carbonyl (C=O) groups is 2. The molecular weight excluding hydrogens is 497 g/mol. The van der Waals surface area contributed by atoms with E-state index in [4.69, 9.17) is 23.2 Å². The first-order valence-corrected chi connectivity index (χ1v) is 13.7. The lowest BCUT2D eigenvalue weighted by Crippen LogP contribution is -2.49. The summed E-state index contributed by atoms with van der Waals surface area (Å²) in [6, 6.07) is 13.7. The Bertz CT molecular complexity index is 1080. The second-order valence-electron chi connectivity index (χ2n) is 7.90. The number of anilines is 1. The largest absolute Gasteiger partial charge is 0.357 e. The predicted molar refractivity (Wildman–Crippen MR) is 138 cm³/mol. The summed E-state index contributed by atoms with van der Waals surface area (Å²) in [6.45, 7) is 2.29. The summed E-state index contributed by atoms with van der Waals surface area (Å²) < 4.78 is 26.0. The van der Waals surface area contributed by atoms with Crippen molar-refractivity contribution >= 4 is 50.7 Å². The summed E-state index contributed by atoms with van der Waals surface area (Å²) in [7, 11) is -2.11. The van der Waals surface area contributed by atoms with Crippen molar-refractivity contribution in [3.05, 3.63) is 64.1 Å². The highest BCUT2D eigenvalue weighted by molar-refractivity contribution is 7.92. The summed E-state index contributed by atoms with van der Waals surface area (Å²) in [5, 5.41) is 3.23. The lowest BCUT2D eigenvalue weighted by Gasteiger charge is -2.31. The molecule has 34 heavy (non-hydrogen) atoms. The van der Waals surface area contributed by atoms with Crippen molar-refractivity contribution in [3.63, 3.8) is 0 Å². The summed E-state index contributed by atoms with van der Waals surface area (Å²) in [4.78, 5) is 27.2. The topological polar surface area (TPSA) is 86.8 Å². The van der Waals surface area contributed by atoms with Gasteiger partial charge in [-0.15, -0.1) is 0 Å². The summed E-state index contributed by atoms with van der Waals surface area (Å²) in [6.07, 6.45) is 2.48. The molecule has 0 aliphatic carbocycles. The molecular formula is C24H31Cl2N3O4S. The van der Waals surface area contributed by atoms with Crippen LogP contribution in [0.5, 0.6) is 0 Å². The standard InChI is InChI=1S/C24H31Cl2N3O4S/c1-4-21(24(31)27-2)28(16-14-18-9-6-5-7-10-18)23(30)11-8-15-29(34(3,32)33)22-17-19(25)12-13-20(22)26/h5-7,9-10,12-13,17,21H,4,8,11,14-16H2,1-3H3,(H,27,31)/t21-/m1/s1. The number of sulfonamides is 1. The highest BCUT2D eigenvalue weighted by Gasteiger charge is 2.28. The van der Waals surface area contributed by atoms with Crippen LogP contribution in [0.15, 0.2) is 48.5 Å². The Morgan fingerprint density at radius 3 is 2.32 bits per heavy atom. The molecule has 0 spiro atoms. The molecule has 0 aliphatic rings. The monoisotopic (exact) mass is 527 g/mol. The van der Waals surface area contributed by atoms with E-state index in [-0.39, 0.29) is 41.9 Å². The maximum Gasteiger partial charge on any atom is 0.242 e. The molecule has 2 aromatic rings. The molecule has 0 unspecified atom stereocenters. The van der Waals surface area contributed by atoms with Crippen molar-refractivity contribution in [1.82, 2.24) is 10.2 Å². The van der Waals surface area contributed by atoms with Crippen LogP contribution in [0, 0.1) is 0 Å². The lowest BCUT2D eigenvalue weighted by atomic mass is 10.1. The maximum atomic E-state index is 13.2. The van der Waals surface area contributed by atoms with E-state index < -0.39 is 16.1 Å². The zero-order chi connectivity index (χ0) is 25.3. The van der Waals surface area contributed by atoms with Gasteiger partial charge in [-0.1, -0.05) is 60.5 Å². The van der Waals surface area contributed by atoms with Gasteiger partial charge in [0.1, 0.15) is 6.04 Å². The number of nitrogens with one attached hydrogen (secondary N) is 1. The SMILES string of the molecule is CC[C@H](C(=O)NC)N(CCc1ccccc1)C(=O)CCCN(c1cc(Cl)ccc1Cl)S(C)(=O)=O. The van der Waals surface area contributed by atoms with Gasteiger partial charge in [0.2, 0.25) is 21.8 Å². The van der Waals surface area contributed by atoms with Crippen molar-refractivity contribution < 1.29 is 18.0 Å². The number of benzene rings is 2. The Kier molecular flexibility index (Phi) is 10.7. The van der Waals surface area contributed by atoms with Gasteiger partial charge in [0.05, 0.1) is 17.0 Å². The number of hydrogen-bond donors (Lipinski definition) is 1. The lowest BCUT2D eigenvalue weighted by molar-refractivity contribution is -0.140. The quantitative estimate of drug-likeness (QED) is 0.449. The van der Waals surface area contributed by atoms with Gasteiger partial charge in [-0.2, -0.15) is 0 Å². The second-order valence-corrected chi connectivity index (χ2v) is 10.6. The molecule has 2 aromatic carbocycles. The number of rotatable bonds is 12. The predicted octanol–water partition coefficient (Wildman–Crippen LogP) is 4.14. The van der Waals surface area contributed by atoms with E-state index in [1.165, 1.54) is 12.1 Å². The van der Waals surface area contributed by atoms with Gasteiger partial charge in [0, 0.05) is 31.6 Å². The summed E-state index contributed by atoms with van der Waals surface area (Å²) in [5.74, 6) is -0.440. The number of carbonyl (C=O) groups excluding carboxylic acids is 2. The average Bonchev–Trinajstić information content (AvgIpc) is 2.80. The van der Waals surface area contributed by atoms with Crippen LogP contribution in [0.4, 0.5) is 5.69 Å². The molecule has 2 amide bonds. The molecule has 0 saturated heterocycles. The normalized spacial score (nSPS) is 12.1. The second kappa shape index (κ2) is 13.0. The molecule has 7 nitrogen and oxygen atoms in total. The molecule has 186 valence electrons. The zero-order valence-electron chi connectivity index (χ0n) is 19.6. The Balaban J connectivity index is 2.16. The number of likely N-dealkylation sites (N-methyl/N-ethyl adjacent to an activating group) is 1. The third kappa shape index (κ3) is 7.89. The maximum absolute atomic E-state index is 13.2. The van der Waals surface area contributed by atoms with Gasteiger partial charge in [0.25, 0.3) is 0 Å². The van der Waals surface area contributed by atoms with E-state index in [0.29, 0.717) is 24.4 Å². The molecule has 0 aliphatic heterocycles. The van der Waals surface area contributed by atoms with Crippen LogP contribution in [0.1, 0.15) is 31.7 Å². The van der Waals surface area contributed by atoms with Gasteiger partial charge in [-0.3, -0.25) is 13.9 Å². The molecule has 2 rings (SSSR count).